The molecule has 0 unspecified atom stereocenters. The average Bonchev–Trinajstić information content (AvgIpc) is 3.26. The zero-order valence-electron chi connectivity index (χ0n) is 16.3. The summed E-state index contributed by atoms with van der Waals surface area (Å²) < 4.78 is 5.34. The monoisotopic (exact) mass is 400 g/mol. The summed E-state index contributed by atoms with van der Waals surface area (Å²) in [5, 5.41) is 22.9. The van der Waals surface area contributed by atoms with Crippen molar-refractivity contribution in [1.82, 2.24) is 15.6 Å². The average molecular weight is 400 g/mol. The molecule has 0 fully saturated rings. The number of carbonyl (C=O) groups is 1. The number of fused-ring (bicyclic) bond motifs is 1. The van der Waals surface area contributed by atoms with Crippen molar-refractivity contribution in [3.8, 4) is 22.8 Å². The maximum absolute atomic E-state index is 12.4. The Balaban J connectivity index is 1.48. The molecule has 4 rings (SSSR count). The van der Waals surface area contributed by atoms with E-state index < -0.39 is 5.91 Å². The van der Waals surface area contributed by atoms with E-state index in [0.29, 0.717) is 29.3 Å². The van der Waals surface area contributed by atoms with Gasteiger partial charge in [-0.15, -0.1) is 0 Å². The van der Waals surface area contributed by atoms with E-state index in [2.05, 4.69) is 20.7 Å². The molecule has 150 valence electrons. The third-order valence-corrected chi connectivity index (χ3v) is 4.55. The number of aromatic amines is 1. The van der Waals surface area contributed by atoms with Crippen molar-refractivity contribution >= 4 is 22.9 Å². The van der Waals surface area contributed by atoms with Crippen LogP contribution in [-0.4, -0.2) is 34.0 Å². The van der Waals surface area contributed by atoms with Gasteiger partial charge in [-0.25, -0.2) is 5.43 Å². The first kappa shape index (κ1) is 19.2. The van der Waals surface area contributed by atoms with Crippen molar-refractivity contribution in [2.75, 3.05) is 6.61 Å². The molecule has 0 saturated carbocycles. The minimum atomic E-state index is -0.408. The maximum Gasteiger partial charge on any atom is 0.289 e. The van der Waals surface area contributed by atoms with E-state index in [9.17, 15) is 9.90 Å². The molecule has 0 saturated heterocycles. The molecular formula is C23H20N4O3. The molecule has 1 amide bonds. The van der Waals surface area contributed by atoms with Crippen LogP contribution < -0.4 is 10.2 Å². The molecule has 4 aromatic rings. The molecular weight excluding hydrogens is 380 g/mol. The first-order valence-electron chi connectivity index (χ1n) is 9.48. The number of H-pyrrole nitrogens is 1. The highest BCUT2D eigenvalue weighted by atomic mass is 16.5. The minimum Gasteiger partial charge on any atom is -0.504 e. The van der Waals surface area contributed by atoms with Crippen LogP contribution in [0.2, 0.25) is 0 Å². The number of ether oxygens (including phenoxy) is 1. The standard InChI is InChI=1S/C23H20N4O3/c1-2-30-22-12-15(10-11-21(22)28)14-24-27-23(29)20-13-19(25-26-20)18-9-5-7-16-6-3-4-8-17(16)18/h3-14,28H,2H2,1H3,(H,25,26)(H,27,29). The first-order chi connectivity index (χ1) is 14.7. The molecule has 3 aromatic carbocycles. The number of aromatic hydroxyl groups is 1. The van der Waals surface area contributed by atoms with Crippen LogP contribution in [0.15, 0.2) is 71.8 Å². The van der Waals surface area contributed by atoms with Gasteiger partial charge in [-0.2, -0.15) is 10.2 Å². The van der Waals surface area contributed by atoms with Gasteiger partial charge in [0.15, 0.2) is 11.5 Å². The maximum atomic E-state index is 12.4. The fraction of sp³-hybridized carbons (Fsp3) is 0.0870. The Kier molecular flexibility index (Phi) is 5.43. The zero-order valence-corrected chi connectivity index (χ0v) is 16.3. The van der Waals surface area contributed by atoms with Crippen molar-refractivity contribution in [3.63, 3.8) is 0 Å². The molecule has 0 bridgehead atoms. The van der Waals surface area contributed by atoms with Crippen LogP contribution in [0, 0.1) is 0 Å². The van der Waals surface area contributed by atoms with Gasteiger partial charge >= 0.3 is 0 Å². The van der Waals surface area contributed by atoms with Gasteiger partial charge in [0.1, 0.15) is 5.69 Å². The van der Waals surface area contributed by atoms with Crippen LogP contribution in [0.5, 0.6) is 11.5 Å². The summed E-state index contributed by atoms with van der Waals surface area (Å²) in [6, 6.07) is 20.5. The van der Waals surface area contributed by atoms with E-state index >= 15 is 0 Å². The lowest BCUT2D eigenvalue weighted by atomic mass is 10.0. The smallest absolute Gasteiger partial charge is 0.289 e. The Labute approximate surface area is 173 Å². The first-order valence-corrected chi connectivity index (χ1v) is 9.48. The van der Waals surface area contributed by atoms with Crippen LogP contribution in [-0.2, 0) is 0 Å². The normalized spacial score (nSPS) is 11.1. The van der Waals surface area contributed by atoms with E-state index in [0.717, 1.165) is 16.3 Å². The molecule has 7 nitrogen and oxygen atoms in total. The molecule has 0 radical (unpaired) electrons. The Morgan fingerprint density at radius 2 is 2.00 bits per heavy atom. The van der Waals surface area contributed by atoms with Crippen molar-refractivity contribution in [2.24, 2.45) is 5.10 Å². The zero-order chi connectivity index (χ0) is 20.9. The number of aromatic nitrogens is 2. The summed E-state index contributed by atoms with van der Waals surface area (Å²) in [7, 11) is 0. The van der Waals surface area contributed by atoms with Crippen LogP contribution >= 0.6 is 0 Å². The number of benzene rings is 3. The number of phenols is 1. The highest BCUT2D eigenvalue weighted by molar-refractivity contribution is 5.98. The Morgan fingerprint density at radius 3 is 2.87 bits per heavy atom. The van der Waals surface area contributed by atoms with Crippen molar-refractivity contribution in [1.29, 1.82) is 0 Å². The predicted molar refractivity (Wildman–Crippen MR) is 116 cm³/mol. The largest absolute Gasteiger partial charge is 0.504 e. The molecule has 3 N–H and O–H groups in total. The summed E-state index contributed by atoms with van der Waals surface area (Å²) in [5.41, 5.74) is 5.08. The summed E-state index contributed by atoms with van der Waals surface area (Å²) in [6.07, 6.45) is 1.47. The molecule has 1 heterocycles. The second-order valence-corrected chi connectivity index (χ2v) is 6.55. The Hall–Kier alpha value is -4.13. The van der Waals surface area contributed by atoms with E-state index in [1.165, 1.54) is 12.3 Å². The topological polar surface area (TPSA) is 99.6 Å². The number of hydrazone groups is 1. The summed E-state index contributed by atoms with van der Waals surface area (Å²) in [4.78, 5) is 12.4. The fourth-order valence-electron chi connectivity index (χ4n) is 3.13. The molecule has 30 heavy (non-hydrogen) atoms. The second kappa shape index (κ2) is 8.48. The summed E-state index contributed by atoms with van der Waals surface area (Å²) >= 11 is 0. The molecule has 0 aliphatic heterocycles. The second-order valence-electron chi connectivity index (χ2n) is 6.55. The molecule has 0 aliphatic carbocycles. The van der Waals surface area contributed by atoms with Crippen molar-refractivity contribution in [2.45, 2.75) is 6.92 Å². The van der Waals surface area contributed by atoms with Crippen molar-refractivity contribution < 1.29 is 14.6 Å². The highest BCUT2D eigenvalue weighted by Crippen LogP contribution is 2.28. The van der Waals surface area contributed by atoms with Crippen LogP contribution in [0.1, 0.15) is 23.0 Å². The number of amides is 1. The van der Waals surface area contributed by atoms with Gasteiger partial charge in [0, 0.05) is 5.56 Å². The summed E-state index contributed by atoms with van der Waals surface area (Å²) in [5.74, 6) is 0.00609. The number of hydrogen-bond acceptors (Lipinski definition) is 5. The molecule has 1 aromatic heterocycles. The Morgan fingerprint density at radius 1 is 1.17 bits per heavy atom. The summed E-state index contributed by atoms with van der Waals surface area (Å²) in [6.45, 7) is 2.26. The minimum absolute atomic E-state index is 0.0523. The lowest BCUT2D eigenvalue weighted by Crippen LogP contribution is -2.18. The van der Waals surface area contributed by atoms with Gasteiger partial charge in [-0.3, -0.25) is 9.89 Å². The van der Waals surface area contributed by atoms with Gasteiger partial charge in [0.25, 0.3) is 5.91 Å². The molecule has 0 spiro atoms. The molecule has 0 atom stereocenters. The van der Waals surface area contributed by atoms with Crippen LogP contribution in [0.4, 0.5) is 0 Å². The highest BCUT2D eigenvalue weighted by Gasteiger charge is 2.12. The lowest BCUT2D eigenvalue weighted by molar-refractivity contribution is 0.0950. The predicted octanol–water partition coefficient (Wildman–Crippen LogP) is 4.10. The number of rotatable bonds is 6. The van der Waals surface area contributed by atoms with Crippen LogP contribution in [0.25, 0.3) is 22.0 Å². The van der Waals surface area contributed by atoms with Crippen LogP contribution in [0.3, 0.4) is 0 Å². The number of nitrogens with zero attached hydrogens (tertiary/aromatic N) is 2. The van der Waals surface area contributed by atoms with E-state index in [1.54, 1.807) is 18.2 Å². The van der Waals surface area contributed by atoms with Gasteiger partial charge in [-0.05, 0) is 47.5 Å². The third-order valence-electron chi connectivity index (χ3n) is 4.55. The number of carbonyl (C=O) groups excluding carboxylic acids is 1. The van der Waals surface area contributed by atoms with Gasteiger partial charge in [0.05, 0.1) is 18.5 Å². The lowest BCUT2D eigenvalue weighted by Gasteiger charge is -2.05. The van der Waals surface area contributed by atoms with E-state index in [4.69, 9.17) is 4.74 Å². The van der Waals surface area contributed by atoms with Crippen molar-refractivity contribution in [3.05, 3.63) is 78.0 Å². The fourth-order valence-corrected chi connectivity index (χ4v) is 3.13. The molecule has 7 heteroatoms. The number of nitrogens with one attached hydrogen (secondary N) is 2. The third kappa shape index (κ3) is 4.00. The van der Waals surface area contributed by atoms with Gasteiger partial charge in [0.2, 0.25) is 0 Å². The van der Waals surface area contributed by atoms with Gasteiger partial charge in [-0.1, -0.05) is 42.5 Å². The number of phenolic OH excluding ortho intramolecular Hbond substituents is 1. The van der Waals surface area contributed by atoms with E-state index in [-0.39, 0.29) is 5.75 Å². The molecule has 0 aliphatic rings. The SMILES string of the molecule is CCOc1cc(C=NNC(=O)c2cc(-c3cccc4ccccc34)n[nH]2)ccc1O. The quantitative estimate of drug-likeness (QED) is 0.335. The van der Waals surface area contributed by atoms with E-state index in [1.807, 2.05) is 49.4 Å². The van der Waals surface area contributed by atoms with Gasteiger partial charge < -0.3 is 9.84 Å². The Bertz CT molecular complexity index is 1220. The number of hydrogen-bond donors (Lipinski definition) is 3.